The first-order chi connectivity index (χ1) is 16.4. The highest BCUT2D eigenvalue weighted by Crippen LogP contribution is 2.33. The Balaban J connectivity index is 0.00000137. The maximum absolute atomic E-state index is 14.2. The van der Waals surface area contributed by atoms with Crippen LogP contribution in [0.3, 0.4) is 0 Å². The maximum atomic E-state index is 14.2. The molecule has 0 unspecified atom stereocenters. The molecule has 3 rings (SSSR count). The van der Waals surface area contributed by atoms with E-state index >= 15 is 0 Å². The standard InChI is InChI=1S/C21H21FN4O3S.C2H6.C2H2/c1-4-14(3)20(21(27)28)30-11-15-6-8-18(17(10-15)26-12-23-24-25-26)29-19-9-13(2)5-7-16(19)22;2*1-2/h5-10,12H,4,11H2,1-3H3,(H,27,28);1-2H3;1-2H/b20-14+;;. The minimum absolute atomic E-state index is 0.0983. The van der Waals surface area contributed by atoms with E-state index in [0.717, 1.165) is 16.7 Å². The van der Waals surface area contributed by atoms with Crippen LogP contribution in [0.25, 0.3) is 5.69 Å². The first-order valence-corrected chi connectivity index (χ1v) is 11.6. The third-order valence-electron chi connectivity index (χ3n) is 4.42. The number of carboxylic acids is 1. The van der Waals surface area contributed by atoms with Crippen molar-refractivity contribution in [3.63, 3.8) is 0 Å². The number of benzene rings is 2. The van der Waals surface area contributed by atoms with Crippen molar-refractivity contribution in [3.8, 4) is 30.0 Å². The zero-order chi connectivity index (χ0) is 25.7. The first kappa shape index (κ1) is 28.4. The lowest BCUT2D eigenvalue weighted by atomic mass is 10.2. The molecule has 0 amide bonds. The first-order valence-electron chi connectivity index (χ1n) is 10.6. The molecule has 0 saturated carbocycles. The summed E-state index contributed by atoms with van der Waals surface area (Å²) in [6.07, 6.45) is 10.1. The monoisotopic (exact) mass is 484 g/mol. The zero-order valence-corrected chi connectivity index (χ0v) is 20.8. The molecule has 1 aromatic heterocycles. The fraction of sp³-hybridized carbons (Fsp3) is 0.280. The Kier molecular flexibility index (Phi) is 12.1. The predicted octanol–water partition coefficient (Wildman–Crippen LogP) is 6.18. The number of thioether (sulfide) groups is 1. The van der Waals surface area contributed by atoms with Crippen LogP contribution in [0.1, 0.15) is 45.2 Å². The number of terminal acetylenes is 1. The van der Waals surface area contributed by atoms with E-state index in [1.807, 2.05) is 40.7 Å². The number of hydrogen-bond donors (Lipinski definition) is 1. The van der Waals surface area contributed by atoms with E-state index < -0.39 is 11.8 Å². The van der Waals surface area contributed by atoms with Gasteiger partial charge in [0.1, 0.15) is 12.0 Å². The summed E-state index contributed by atoms with van der Waals surface area (Å²) in [7, 11) is 0. The van der Waals surface area contributed by atoms with E-state index in [1.165, 1.54) is 28.8 Å². The number of aromatic nitrogens is 4. The van der Waals surface area contributed by atoms with Gasteiger partial charge in [0.15, 0.2) is 17.3 Å². The van der Waals surface area contributed by atoms with Crippen LogP contribution in [0, 0.1) is 25.6 Å². The van der Waals surface area contributed by atoms with Gasteiger partial charge >= 0.3 is 5.97 Å². The Bertz CT molecular complexity index is 1130. The van der Waals surface area contributed by atoms with E-state index in [-0.39, 0.29) is 5.75 Å². The molecule has 0 atom stereocenters. The lowest BCUT2D eigenvalue weighted by Gasteiger charge is -2.13. The largest absolute Gasteiger partial charge is 0.477 e. The lowest BCUT2D eigenvalue weighted by Crippen LogP contribution is -2.02. The zero-order valence-electron chi connectivity index (χ0n) is 19.9. The molecule has 0 aliphatic carbocycles. The molecule has 1 N–H and O–H groups in total. The molecule has 9 heteroatoms. The Morgan fingerprint density at radius 2 is 1.88 bits per heavy atom. The van der Waals surface area contributed by atoms with Crippen molar-refractivity contribution < 1.29 is 19.0 Å². The average Bonchev–Trinajstić information content (AvgIpc) is 3.39. The number of hydrogen-bond acceptors (Lipinski definition) is 6. The lowest BCUT2D eigenvalue weighted by molar-refractivity contribution is -0.131. The van der Waals surface area contributed by atoms with Gasteiger partial charge in [0, 0.05) is 5.75 Å². The van der Waals surface area contributed by atoms with Crippen molar-refractivity contribution in [1.82, 2.24) is 20.2 Å². The van der Waals surface area contributed by atoms with E-state index in [2.05, 4.69) is 28.4 Å². The van der Waals surface area contributed by atoms with Gasteiger partial charge in [0.25, 0.3) is 0 Å². The second-order valence-corrected chi connectivity index (χ2v) is 7.63. The van der Waals surface area contributed by atoms with Gasteiger partial charge in [0.2, 0.25) is 0 Å². The number of carbonyl (C=O) groups is 1. The molecule has 0 spiro atoms. The second-order valence-electron chi connectivity index (χ2n) is 6.65. The topological polar surface area (TPSA) is 90.1 Å². The molecule has 180 valence electrons. The van der Waals surface area contributed by atoms with E-state index in [4.69, 9.17) is 4.74 Å². The maximum Gasteiger partial charge on any atom is 0.342 e. The highest BCUT2D eigenvalue weighted by Gasteiger charge is 2.15. The van der Waals surface area contributed by atoms with E-state index in [9.17, 15) is 14.3 Å². The second kappa shape index (κ2) is 14.5. The van der Waals surface area contributed by atoms with Crippen LogP contribution in [0.2, 0.25) is 0 Å². The van der Waals surface area contributed by atoms with Gasteiger partial charge in [-0.2, -0.15) is 4.68 Å². The molecule has 0 saturated heterocycles. The third-order valence-corrected chi connectivity index (χ3v) is 5.71. The van der Waals surface area contributed by atoms with Crippen molar-refractivity contribution >= 4 is 17.7 Å². The fourth-order valence-electron chi connectivity index (χ4n) is 2.68. The average molecular weight is 485 g/mol. The molecular weight excluding hydrogens is 455 g/mol. The van der Waals surface area contributed by atoms with Crippen molar-refractivity contribution in [2.75, 3.05) is 0 Å². The summed E-state index contributed by atoms with van der Waals surface area (Å²) in [6.45, 7) is 9.59. The summed E-state index contributed by atoms with van der Waals surface area (Å²) in [5, 5.41) is 20.7. The van der Waals surface area contributed by atoms with Crippen LogP contribution in [0.15, 0.2) is 53.2 Å². The minimum atomic E-state index is -0.935. The Hall–Kier alpha value is -3.64. The van der Waals surface area contributed by atoms with Gasteiger partial charge in [-0.3, -0.25) is 0 Å². The highest BCUT2D eigenvalue weighted by atomic mass is 32.2. The summed E-state index contributed by atoms with van der Waals surface area (Å²) in [6, 6.07) is 9.93. The van der Waals surface area contributed by atoms with Crippen LogP contribution < -0.4 is 4.74 Å². The van der Waals surface area contributed by atoms with Crippen LogP contribution in [-0.4, -0.2) is 31.3 Å². The van der Waals surface area contributed by atoms with Crippen molar-refractivity contribution in [1.29, 1.82) is 0 Å². The molecule has 3 aromatic rings. The molecule has 1 heterocycles. The van der Waals surface area contributed by atoms with Crippen LogP contribution in [-0.2, 0) is 10.5 Å². The van der Waals surface area contributed by atoms with Gasteiger partial charge in [0.05, 0.1) is 4.91 Å². The summed E-state index contributed by atoms with van der Waals surface area (Å²) in [4.78, 5) is 11.9. The summed E-state index contributed by atoms with van der Waals surface area (Å²) < 4.78 is 21.4. The van der Waals surface area contributed by atoms with Gasteiger partial charge in [-0.25, -0.2) is 9.18 Å². The van der Waals surface area contributed by atoms with Gasteiger partial charge in [-0.15, -0.1) is 29.7 Å². The number of tetrazole rings is 1. The SMILES string of the molecule is C#C.CC.CC/C(C)=C(/SCc1ccc(Oc2cc(C)ccc2F)c(-n2cnnn2)c1)C(=O)O. The Labute approximate surface area is 204 Å². The molecule has 0 aliphatic heterocycles. The number of allylic oxidation sites excluding steroid dienone is 1. The van der Waals surface area contributed by atoms with Gasteiger partial charge in [-0.05, 0) is 66.1 Å². The normalized spacial score (nSPS) is 10.7. The number of carboxylic acid groups (broad SMARTS) is 1. The van der Waals surface area contributed by atoms with Gasteiger partial charge in [-0.1, -0.05) is 38.5 Å². The molecule has 0 bridgehead atoms. The molecule has 0 fully saturated rings. The minimum Gasteiger partial charge on any atom is -0.477 e. The predicted molar refractivity (Wildman–Crippen MR) is 134 cm³/mol. The summed E-state index contributed by atoms with van der Waals surface area (Å²) in [5.74, 6) is -0.503. The summed E-state index contributed by atoms with van der Waals surface area (Å²) in [5.41, 5.74) is 3.06. The molecule has 0 aliphatic rings. The Morgan fingerprint density at radius 1 is 1.18 bits per heavy atom. The molecule has 34 heavy (non-hydrogen) atoms. The number of rotatable bonds is 8. The summed E-state index contributed by atoms with van der Waals surface area (Å²) >= 11 is 1.25. The van der Waals surface area contributed by atoms with Crippen molar-refractivity contribution in [2.24, 2.45) is 0 Å². The van der Waals surface area contributed by atoms with E-state index in [1.54, 1.807) is 24.3 Å². The molecular formula is C25H29FN4O3S. The van der Waals surface area contributed by atoms with Crippen molar-refractivity contribution in [3.05, 3.63) is 70.1 Å². The number of aryl methyl sites for hydroxylation is 1. The number of ether oxygens (including phenoxy) is 1. The number of aliphatic carboxylic acids is 1. The Morgan fingerprint density at radius 3 is 2.47 bits per heavy atom. The van der Waals surface area contributed by atoms with E-state index in [0.29, 0.717) is 28.5 Å². The smallest absolute Gasteiger partial charge is 0.342 e. The van der Waals surface area contributed by atoms with Gasteiger partial charge < -0.3 is 9.84 Å². The molecule has 7 nitrogen and oxygen atoms in total. The van der Waals surface area contributed by atoms with Crippen LogP contribution in [0.4, 0.5) is 4.39 Å². The quantitative estimate of drug-likeness (QED) is 0.302. The van der Waals surface area contributed by atoms with Crippen LogP contribution in [0.5, 0.6) is 11.5 Å². The highest BCUT2D eigenvalue weighted by molar-refractivity contribution is 8.03. The fourth-order valence-corrected chi connectivity index (χ4v) is 3.69. The van der Waals surface area contributed by atoms with Crippen molar-refractivity contribution in [2.45, 2.75) is 46.8 Å². The third kappa shape index (κ3) is 7.74. The molecule has 0 radical (unpaired) electrons. The number of halogens is 1. The van der Waals surface area contributed by atoms with Crippen LogP contribution >= 0.6 is 11.8 Å². The molecule has 2 aromatic carbocycles. The number of nitrogens with zero attached hydrogens (tertiary/aromatic N) is 4.